The lowest BCUT2D eigenvalue weighted by Crippen LogP contribution is -2.14. The quantitative estimate of drug-likeness (QED) is 0.711. The number of halogens is 1. The molecule has 5 nitrogen and oxygen atoms in total. The fourth-order valence-electron chi connectivity index (χ4n) is 2.31. The number of benzene rings is 2. The first-order valence-electron chi connectivity index (χ1n) is 7.75. The van der Waals surface area contributed by atoms with Crippen LogP contribution in [-0.2, 0) is 0 Å². The maximum absolute atomic E-state index is 12.2. The van der Waals surface area contributed by atoms with Crippen molar-refractivity contribution in [3.05, 3.63) is 76.7 Å². The monoisotopic (exact) mass is 352 g/mol. The number of rotatable bonds is 4. The molecule has 0 atom stereocenters. The molecule has 1 aromatic heterocycles. The van der Waals surface area contributed by atoms with E-state index in [2.05, 4.69) is 20.6 Å². The zero-order valence-corrected chi connectivity index (χ0v) is 14.6. The SMILES string of the molecule is Cc1cccc(NC(=O)c2cnc(Nc3cccc(Cl)c3C)cn2)c1. The van der Waals surface area contributed by atoms with Crippen LogP contribution in [0.15, 0.2) is 54.9 Å². The van der Waals surface area contributed by atoms with Gasteiger partial charge in [0.05, 0.1) is 12.4 Å². The van der Waals surface area contributed by atoms with E-state index in [1.54, 1.807) is 0 Å². The highest BCUT2D eigenvalue weighted by Gasteiger charge is 2.09. The van der Waals surface area contributed by atoms with Gasteiger partial charge in [-0.15, -0.1) is 0 Å². The van der Waals surface area contributed by atoms with E-state index in [0.717, 1.165) is 22.5 Å². The summed E-state index contributed by atoms with van der Waals surface area (Å²) in [6, 6.07) is 13.2. The Hall–Kier alpha value is -2.92. The third-order valence-corrected chi connectivity index (χ3v) is 4.10. The van der Waals surface area contributed by atoms with Gasteiger partial charge in [-0.25, -0.2) is 9.97 Å². The fraction of sp³-hybridized carbons (Fsp3) is 0.105. The molecule has 1 heterocycles. The smallest absolute Gasteiger partial charge is 0.275 e. The van der Waals surface area contributed by atoms with E-state index in [0.29, 0.717) is 10.8 Å². The number of nitrogens with one attached hydrogen (secondary N) is 2. The van der Waals surface area contributed by atoms with Gasteiger partial charge in [-0.3, -0.25) is 4.79 Å². The molecule has 6 heteroatoms. The van der Waals surface area contributed by atoms with Crippen LogP contribution in [0.3, 0.4) is 0 Å². The topological polar surface area (TPSA) is 66.9 Å². The van der Waals surface area contributed by atoms with Crippen molar-refractivity contribution in [2.45, 2.75) is 13.8 Å². The number of hydrogen-bond donors (Lipinski definition) is 2. The van der Waals surface area contributed by atoms with E-state index >= 15 is 0 Å². The van der Waals surface area contributed by atoms with Crippen LogP contribution in [0, 0.1) is 13.8 Å². The number of nitrogens with zero attached hydrogens (tertiary/aromatic N) is 2. The van der Waals surface area contributed by atoms with Crippen molar-refractivity contribution >= 4 is 34.7 Å². The number of carbonyl (C=O) groups is 1. The van der Waals surface area contributed by atoms with Gasteiger partial charge in [-0.1, -0.05) is 29.8 Å². The molecule has 126 valence electrons. The third kappa shape index (κ3) is 4.14. The number of hydrogen-bond acceptors (Lipinski definition) is 4. The molecule has 25 heavy (non-hydrogen) atoms. The summed E-state index contributed by atoms with van der Waals surface area (Å²) < 4.78 is 0. The van der Waals surface area contributed by atoms with Crippen molar-refractivity contribution in [2.75, 3.05) is 10.6 Å². The van der Waals surface area contributed by atoms with E-state index in [4.69, 9.17) is 11.6 Å². The molecule has 0 radical (unpaired) electrons. The van der Waals surface area contributed by atoms with Gasteiger partial charge in [-0.2, -0.15) is 0 Å². The first-order valence-corrected chi connectivity index (χ1v) is 8.13. The van der Waals surface area contributed by atoms with E-state index < -0.39 is 0 Å². The summed E-state index contributed by atoms with van der Waals surface area (Å²) in [4.78, 5) is 20.7. The Morgan fingerprint density at radius 2 is 1.84 bits per heavy atom. The average Bonchev–Trinajstić information content (AvgIpc) is 2.59. The summed E-state index contributed by atoms with van der Waals surface area (Å²) in [6.45, 7) is 3.88. The van der Waals surface area contributed by atoms with Crippen LogP contribution >= 0.6 is 11.6 Å². The lowest BCUT2D eigenvalue weighted by Gasteiger charge is -2.10. The van der Waals surface area contributed by atoms with E-state index in [1.807, 2.05) is 56.3 Å². The van der Waals surface area contributed by atoms with Crippen LogP contribution in [0.4, 0.5) is 17.2 Å². The highest BCUT2D eigenvalue weighted by molar-refractivity contribution is 6.31. The van der Waals surface area contributed by atoms with Gasteiger partial charge in [0.2, 0.25) is 0 Å². The van der Waals surface area contributed by atoms with E-state index in [-0.39, 0.29) is 11.6 Å². The van der Waals surface area contributed by atoms with Gasteiger partial charge in [0, 0.05) is 16.4 Å². The molecule has 3 rings (SSSR count). The molecule has 3 aromatic rings. The molecule has 0 aliphatic rings. The molecule has 0 spiro atoms. The Bertz CT molecular complexity index is 910. The number of amides is 1. The van der Waals surface area contributed by atoms with Crippen molar-refractivity contribution in [1.29, 1.82) is 0 Å². The van der Waals surface area contributed by atoms with Gasteiger partial charge in [0.15, 0.2) is 0 Å². The normalized spacial score (nSPS) is 10.4. The zero-order valence-electron chi connectivity index (χ0n) is 13.9. The maximum atomic E-state index is 12.2. The second-order valence-corrected chi connectivity index (χ2v) is 6.06. The summed E-state index contributed by atoms with van der Waals surface area (Å²) in [5, 5.41) is 6.63. The Morgan fingerprint density at radius 1 is 1.04 bits per heavy atom. The molecule has 1 amide bonds. The van der Waals surface area contributed by atoms with Crippen LogP contribution in [0.25, 0.3) is 0 Å². The van der Waals surface area contributed by atoms with Crippen LogP contribution < -0.4 is 10.6 Å². The first kappa shape index (κ1) is 16.9. The largest absolute Gasteiger partial charge is 0.339 e. The number of aromatic nitrogens is 2. The molecule has 0 fully saturated rings. The summed E-state index contributed by atoms with van der Waals surface area (Å²) in [5.74, 6) is 0.237. The van der Waals surface area contributed by atoms with Crippen molar-refractivity contribution < 1.29 is 4.79 Å². The van der Waals surface area contributed by atoms with Crippen LogP contribution in [0.2, 0.25) is 5.02 Å². The van der Waals surface area contributed by atoms with Crippen LogP contribution in [0.5, 0.6) is 0 Å². The van der Waals surface area contributed by atoms with Gasteiger partial charge < -0.3 is 10.6 Å². The highest BCUT2D eigenvalue weighted by atomic mass is 35.5. The van der Waals surface area contributed by atoms with Crippen molar-refractivity contribution in [3.63, 3.8) is 0 Å². The summed E-state index contributed by atoms with van der Waals surface area (Å²) in [7, 11) is 0. The molecule has 0 unspecified atom stereocenters. The lowest BCUT2D eigenvalue weighted by molar-refractivity contribution is 0.102. The third-order valence-electron chi connectivity index (χ3n) is 3.69. The first-order chi connectivity index (χ1) is 12.0. The number of anilines is 3. The van der Waals surface area contributed by atoms with E-state index in [1.165, 1.54) is 12.4 Å². The van der Waals surface area contributed by atoms with Gasteiger partial charge >= 0.3 is 0 Å². The Balaban J connectivity index is 1.71. The van der Waals surface area contributed by atoms with Gasteiger partial charge in [0.25, 0.3) is 5.91 Å². The summed E-state index contributed by atoms with van der Waals surface area (Å²) >= 11 is 6.11. The molecular weight excluding hydrogens is 336 g/mol. The number of carbonyl (C=O) groups excluding carboxylic acids is 1. The second kappa shape index (κ2) is 7.32. The highest BCUT2D eigenvalue weighted by Crippen LogP contribution is 2.25. The van der Waals surface area contributed by atoms with Gasteiger partial charge in [0.1, 0.15) is 11.5 Å². The maximum Gasteiger partial charge on any atom is 0.275 e. The molecule has 0 bridgehead atoms. The van der Waals surface area contributed by atoms with Crippen molar-refractivity contribution in [1.82, 2.24) is 9.97 Å². The Labute approximate surface area is 151 Å². The molecule has 0 aliphatic carbocycles. The van der Waals surface area contributed by atoms with Crippen molar-refractivity contribution in [2.24, 2.45) is 0 Å². The molecule has 2 N–H and O–H groups in total. The molecule has 0 aliphatic heterocycles. The molecule has 0 saturated heterocycles. The van der Waals surface area contributed by atoms with Crippen molar-refractivity contribution in [3.8, 4) is 0 Å². The molecule has 2 aromatic carbocycles. The average molecular weight is 353 g/mol. The molecule has 0 saturated carbocycles. The predicted molar refractivity (Wildman–Crippen MR) is 101 cm³/mol. The Kier molecular flexibility index (Phi) is 4.95. The van der Waals surface area contributed by atoms with Crippen LogP contribution in [-0.4, -0.2) is 15.9 Å². The minimum atomic E-state index is -0.302. The summed E-state index contributed by atoms with van der Waals surface area (Å²) in [5.41, 5.74) is 3.81. The van der Waals surface area contributed by atoms with E-state index in [9.17, 15) is 4.79 Å². The van der Waals surface area contributed by atoms with Crippen LogP contribution in [0.1, 0.15) is 21.6 Å². The predicted octanol–water partition coefficient (Wildman–Crippen LogP) is 4.74. The fourth-order valence-corrected chi connectivity index (χ4v) is 2.48. The zero-order chi connectivity index (χ0) is 17.8. The summed E-state index contributed by atoms with van der Waals surface area (Å²) in [6.07, 6.45) is 2.96. The second-order valence-electron chi connectivity index (χ2n) is 5.65. The lowest BCUT2D eigenvalue weighted by atomic mass is 10.2. The standard InChI is InChI=1S/C19H17ClN4O/c1-12-5-3-6-14(9-12)23-19(25)17-10-22-18(11-21-17)24-16-8-4-7-15(20)13(16)2/h3-11H,1-2H3,(H,22,24)(H,23,25). The van der Waals surface area contributed by atoms with Gasteiger partial charge in [-0.05, 0) is 49.2 Å². The minimum absolute atomic E-state index is 0.245. The number of aryl methyl sites for hydroxylation is 1. The minimum Gasteiger partial charge on any atom is -0.339 e. The molecular formula is C19H17ClN4O. The Morgan fingerprint density at radius 3 is 2.56 bits per heavy atom.